The highest BCUT2D eigenvalue weighted by atomic mass is 35.5. The molecule has 11 heteroatoms. The molecule has 0 aliphatic heterocycles. The van der Waals surface area contributed by atoms with Crippen LogP contribution >= 0.6 is 23.8 Å². The Morgan fingerprint density at radius 1 is 0.895 bits per heavy atom. The van der Waals surface area contributed by atoms with Crippen LogP contribution in [0.1, 0.15) is 33.9 Å². The molecule has 0 saturated heterocycles. The molecule has 0 aliphatic rings. The molecule has 0 fully saturated rings. The molecule has 0 atom stereocenters. The standard InChI is InChI=1S/C27H30ClFN6O2S/c1-15-25(17(3)34(32-15)13-19-10-11-23(36-5)24(12-19)37-6)30-27(38)31-26-16(2)33-35(18(26)4)14-20-21(28)8-7-9-22(20)29/h7-12H,13-14H2,1-6H3,(H2,30,31,38). The minimum absolute atomic E-state index is 0.210. The normalized spacial score (nSPS) is 10.9. The summed E-state index contributed by atoms with van der Waals surface area (Å²) in [6.45, 7) is 8.44. The van der Waals surface area contributed by atoms with E-state index in [0.29, 0.717) is 33.7 Å². The predicted octanol–water partition coefficient (Wildman–Crippen LogP) is 6.03. The number of hydrogen-bond acceptors (Lipinski definition) is 5. The highest BCUT2D eigenvalue weighted by Gasteiger charge is 2.18. The van der Waals surface area contributed by atoms with E-state index in [4.69, 9.17) is 38.4 Å². The highest BCUT2D eigenvalue weighted by Crippen LogP contribution is 2.29. The first-order valence-electron chi connectivity index (χ1n) is 11.9. The molecule has 0 spiro atoms. The molecular formula is C27H30ClFN6O2S. The third-order valence-electron chi connectivity index (χ3n) is 6.39. The molecule has 0 saturated carbocycles. The van der Waals surface area contributed by atoms with Gasteiger partial charge in [0.05, 0.1) is 61.5 Å². The summed E-state index contributed by atoms with van der Waals surface area (Å²) in [4.78, 5) is 0. The van der Waals surface area contributed by atoms with E-state index in [0.717, 1.165) is 39.7 Å². The SMILES string of the molecule is COc1ccc(Cn2nc(C)c(NC(=S)Nc3c(C)nn(Cc4c(F)cccc4Cl)c3C)c2C)cc1OC. The number of hydrogen-bond donors (Lipinski definition) is 2. The van der Waals surface area contributed by atoms with Gasteiger partial charge in [0.2, 0.25) is 0 Å². The second kappa shape index (κ2) is 11.4. The summed E-state index contributed by atoms with van der Waals surface area (Å²) >= 11 is 11.8. The van der Waals surface area contributed by atoms with Gasteiger partial charge in [-0.2, -0.15) is 10.2 Å². The van der Waals surface area contributed by atoms with Gasteiger partial charge in [-0.1, -0.05) is 23.7 Å². The molecule has 2 heterocycles. The molecule has 4 aromatic rings. The zero-order valence-electron chi connectivity index (χ0n) is 22.1. The molecule has 0 unspecified atom stereocenters. The van der Waals surface area contributed by atoms with E-state index in [1.807, 2.05) is 50.6 Å². The molecule has 0 bridgehead atoms. The molecular weight excluding hydrogens is 527 g/mol. The fraction of sp³-hybridized carbons (Fsp3) is 0.296. The molecule has 0 radical (unpaired) electrons. The summed E-state index contributed by atoms with van der Waals surface area (Å²) < 4.78 is 28.7. The minimum Gasteiger partial charge on any atom is -0.493 e. The lowest BCUT2D eigenvalue weighted by molar-refractivity contribution is 0.354. The zero-order valence-corrected chi connectivity index (χ0v) is 23.7. The summed E-state index contributed by atoms with van der Waals surface area (Å²) in [5.74, 6) is 0.973. The van der Waals surface area contributed by atoms with Crippen molar-refractivity contribution < 1.29 is 13.9 Å². The fourth-order valence-corrected chi connectivity index (χ4v) is 4.73. The van der Waals surface area contributed by atoms with E-state index in [9.17, 15) is 4.39 Å². The Kier molecular flexibility index (Phi) is 8.23. The second-order valence-corrected chi connectivity index (χ2v) is 9.69. The number of nitrogens with one attached hydrogen (secondary N) is 2. The Morgan fingerprint density at radius 3 is 2.03 bits per heavy atom. The van der Waals surface area contributed by atoms with E-state index in [1.165, 1.54) is 6.07 Å². The lowest BCUT2D eigenvalue weighted by atomic mass is 10.2. The Labute approximate surface area is 231 Å². The van der Waals surface area contributed by atoms with Crippen molar-refractivity contribution in [3.05, 3.63) is 81.1 Å². The molecule has 200 valence electrons. The number of nitrogens with zero attached hydrogens (tertiary/aromatic N) is 4. The molecule has 0 amide bonds. The number of methoxy groups -OCH3 is 2. The van der Waals surface area contributed by atoms with E-state index >= 15 is 0 Å². The van der Waals surface area contributed by atoms with Gasteiger partial charge in [-0.15, -0.1) is 0 Å². The number of benzene rings is 2. The average molecular weight is 557 g/mol. The van der Waals surface area contributed by atoms with Crippen LogP contribution in [0.5, 0.6) is 11.5 Å². The van der Waals surface area contributed by atoms with Crippen LogP contribution in [0.4, 0.5) is 15.8 Å². The van der Waals surface area contributed by atoms with Crippen LogP contribution in [-0.2, 0) is 13.1 Å². The molecule has 4 rings (SSSR count). The molecule has 2 aromatic carbocycles. The number of halogens is 2. The van der Waals surface area contributed by atoms with Crippen LogP contribution in [0.2, 0.25) is 5.02 Å². The van der Waals surface area contributed by atoms with Crippen LogP contribution in [0.15, 0.2) is 36.4 Å². The van der Waals surface area contributed by atoms with E-state index in [-0.39, 0.29) is 12.4 Å². The van der Waals surface area contributed by atoms with Gasteiger partial charge in [-0.3, -0.25) is 9.36 Å². The number of aryl methyl sites for hydroxylation is 2. The topological polar surface area (TPSA) is 78.2 Å². The first-order chi connectivity index (χ1) is 18.1. The van der Waals surface area contributed by atoms with Crippen molar-refractivity contribution in [1.29, 1.82) is 0 Å². The van der Waals surface area contributed by atoms with Gasteiger partial charge in [0.25, 0.3) is 0 Å². The fourth-order valence-electron chi connectivity index (χ4n) is 4.31. The Morgan fingerprint density at radius 2 is 1.47 bits per heavy atom. The van der Waals surface area contributed by atoms with Crippen LogP contribution in [0, 0.1) is 33.5 Å². The summed E-state index contributed by atoms with van der Waals surface area (Å²) in [6, 6.07) is 10.4. The summed E-state index contributed by atoms with van der Waals surface area (Å²) in [5, 5.41) is 16.5. The van der Waals surface area contributed by atoms with Gasteiger partial charge in [-0.25, -0.2) is 4.39 Å². The molecule has 2 aromatic heterocycles. The first kappa shape index (κ1) is 27.4. The van der Waals surface area contributed by atoms with Crippen molar-refractivity contribution in [2.45, 2.75) is 40.8 Å². The maximum atomic E-state index is 14.3. The van der Waals surface area contributed by atoms with E-state index in [1.54, 1.807) is 31.0 Å². The predicted molar refractivity (Wildman–Crippen MR) is 152 cm³/mol. The Balaban J connectivity index is 1.49. The van der Waals surface area contributed by atoms with E-state index in [2.05, 4.69) is 15.7 Å². The smallest absolute Gasteiger partial charge is 0.175 e. The minimum atomic E-state index is -0.368. The molecule has 0 aliphatic carbocycles. The van der Waals surface area contributed by atoms with Crippen LogP contribution in [0.25, 0.3) is 0 Å². The Hall–Kier alpha value is -3.63. The van der Waals surface area contributed by atoms with Crippen LogP contribution in [-0.4, -0.2) is 38.9 Å². The summed E-state index contributed by atoms with van der Waals surface area (Å²) in [6.07, 6.45) is 0. The van der Waals surface area contributed by atoms with Crippen molar-refractivity contribution in [3.8, 4) is 11.5 Å². The van der Waals surface area contributed by atoms with Crippen molar-refractivity contribution in [2.24, 2.45) is 0 Å². The molecule has 2 N–H and O–H groups in total. The summed E-state index contributed by atoms with van der Waals surface area (Å²) in [7, 11) is 3.23. The lowest BCUT2D eigenvalue weighted by Gasteiger charge is -2.13. The van der Waals surface area contributed by atoms with Crippen molar-refractivity contribution in [2.75, 3.05) is 24.9 Å². The number of aromatic nitrogens is 4. The molecule has 38 heavy (non-hydrogen) atoms. The van der Waals surface area contributed by atoms with Gasteiger partial charge in [0.15, 0.2) is 16.6 Å². The number of rotatable bonds is 8. The maximum Gasteiger partial charge on any atom is 0.175 e. The van der Waals surface area contributed by atoms with Crippen LogP contribution < -0.4 is 20.1 Å². The van der Waals surface area contributed by atoms with Gasteiger partial charge in [0.1, 0.15) is 5.82 Å². The van der Waals surface area contributed by atoms with Gasteiger partial charge >= 0.3 is 0 Å². The highest BCUT2D eigenvalue weighted by molar-refractivity contribution is 7.80. The second-order valence-electron chi connectivity index (χ2n) is 8.88. The number of ether oxygens (including phenoxy) is 2. The van der Waals surface area contributed by atoms with Gasteiger partial charge in [0, 0.05) is 10.6 Å². The van der Waals surface area contributed by atoms with Gasteiger partial charge < -0.3 is 20.1 Å². The monoisotopic (exact) mass is 556 g/mol. The first-order valence-corrected chi connectivity index (χ1v) is 12.7. The number of anilines is 2. The lowest BCUT2D eigenvalue weighted by Crippen LogP contribution is -2.21. The van der Waals surface area contributed by atoms with Crippen LogP contribution in [0.3, 0.4) is 0 Å². The zero-order chi connectivity index (χ0) is 27.6. The van der Waals surface area contributed by atoms with E-state index < -0.39 is 0 Å². The maximum absolute atomic E-state index is 14.3. The van der Waals surface area contributed by atoms with Crippen molar-refractivity contribution in [1.82, 2.24) is 19.6 Å². The third-order valence-corrected chi connectivity index (χ3v) is 6.95. The van der Waals surface area contributed by atoms with Gasteiger partial charge in [-0.05, 0) is 69.7 Å². The average Bonchev–Trinajstić information content (AvgIpc) is 3.30. The third kappa shape index (κ3) is 5.61. The number of thiocarbonyl (C=S) groups is 1. The summed E-state index contributed by atoms with van der Waals surface area (Å²) in [5.41, 5.74) is 6.27. The quantitative estimate of drug-likeness (QED) is 0.257. The van der Waals surface area contributed by atoms with Crippen molar-refractivity contribution >= 4 is 40.3 Å². The van der Waals surface area contributed by atoms with Crippen molar-refractivity contribution in [3.63, 3.8) is 0 Å². The largest absolute Gasteiger partial charge is 0.493 e. The molecule has 8 nitrogen and oxygen atoms in total. The Bertz CT molecular complexity index is 1480.